The molecule has 0 atom stereocenters. The van der Waals surface area contributed by atoms with E-state index >= 15 is 0 Å². The molecule has 1 heterocycles. The lowest BCUT2D eigenvalue weighted by atomic mass is 9.94. The number of nitrogens with zero attached hydrogens (tertiary/aromatic N) is 1. The summed E-state index contributed by atoms with van der Waals surface area (Å²) in [6.45, 7) is 2.59. The van der Waals surface area contributed by atoms with Crippen molar-refractivity contribution in [1.82, 2.24) is 4.90 Å². The number of hydrogen-bond donors (Lipinski definition) is 1. The summed E-state index contributed by atoms with van der Waals surface area (Å²) in [5.74, 6) is 0.860. The molecule has 0 bridgehead atoms. The van der Waals surface area contributed by atoms with Crippen LogP contribution in [0.1, 0.15) is 44.9 Å². The monoisotopic (exact) mass is 290 g/mol. The molecule has 112 valence electrons. The SMILES string of the molecule is CN(CCC1CCOCC1)C(=O)C1(N)CCCC1.Cl. The molecule has 4 nitrogen and oxygen atoms in total. The summed E-state index contributed by atoms with van der Waals surface area (Å²) in [6, 6.07) is 0. The molecular weight excluding hydrogens is 264 g/mol. The van der Waals surface area contributed by atoms with Gasteiger partial charge in [0.15, 0.2) is 0 Å². The summed E-state index contributed by atoms with van der Waals surface area (Å²) in [5, 5.41) is 0. The van der Waals surface area contributed by atoms with Crippen molar-refractivity contribution in [2.45, 2.75) is 50.5 Å². The Morgan fingerprint density at radius 3 is 2.47 bits per heavy atom. The van der Waals surface area contributed by atoms with Gasteiger partial charge >= 0.3 is 0 Å². The minimum Gasteiger partial charge on any atom is -0.381 e. The van der Waals surface area contributed by atoms with Crippen molar-refractivity contribution in [3.63, 3.8) is 0 Å². The van der Waals surface area contributed by atoms with Crippen LogP contribution in [0.4, 0.5) is 0 Å². The fraction of sp³-hybridized carbons (Fsp3) is 0.929. The van der Waals surface area contributed by atoms with Crippen molar-refractivity contribution < 1.29 is 9.53 Å². The zero-order chi connectivity index (χ0) is 13.0. The first-order chi connectivity index (χ1) is 8.62. The highest BCUT2D eigenvalue weighted by molar-refractivity contribution is 5.86. The zero-order valence-corrected chi connectivity index (χ0v) is 12.7. The average molecular weight is 291 g/mol. The fourth-order valence-corrected chi connectivity index (χ4v) is 3.11. The van der Waals surface area contributed by atoms with Gasteiger partial charge in [-0.25, -0.2) is 0 Å². The lowest BCUT2D eigenvalue weighted by Gasteiger charge is -2.30. The molecule has 2 rings (SSSR count). The van der Waals surface area contributed by atoms with Crippen LogP contribution < -0.4 is 5.73 Å². The van der Waals surface area contributed by atoms with Crippen LogP contribution in [0.3, 0.4) is 0 Å². The number of carbonyl (C=O) groups excluding carboxylic acids is 1. The van der Waals surface area contributed by atoms with Crippen LogP contribution in [0.2, 0.25) is 0 Å². The van der Waals surface area contributed by atoms with E-state index in [2.05, 4.69) is 0 Å². The van der Waals surface area contributed by atoms with E-state index in [0.29, 0.717) is 5.92 Å². The Hall–Kier alpha value is -0.320. The second-order valence-electron chi connectivity index (χ2n) is 5.93. The Balaban J connectivity index is 0.00000180. The number of likely N-dealkylation sites (N-methyl/N-ethyl adjacent to an activating group) is 1. The van der Waals surface area contributed by atoms with Crippen LogP contribution in [-0.4, -0.2) is 43.2 Å². The number of amides is 1. The Labute approximate surface area is 122 Å². The number of rotatable bonds is 4. The van der Waals surface area contributed by atoms with Crippen molar-refractivity contribution in [3.05, 3.63) is 0 Å². The summed E-state index contributed by atoms with van der Waals surface area (Å²) >= 11 is 0. The molecule has 1 amide bonds. The smallest absolute Gasteiger partial charge is 0.242 e. The van der Waals surface area contributed by atoms with E-state index in [4.69, 9.17) is 10.5 Å². The van der Waals surface area contributed by atoms with Crippen molar-refractivity contribution >= 4 is 18.3 Å². The first-order valence-electron chi connectivity index (χ1n) is 7.24. The highest BCUT2D eigenvalue weighted by Crippen LogP contribution is 2.29. The molecule has 0 unspecified atom stereocenters. The Morgan fingerprint density at radius 1 is 1.32 bits per heavy atom. The standard InChI is InChI=1S/C14H26N2O2.ClH/c1-16(9-4-12-5-10-18-11-6-12)13(17)14(15)7-2-3-8-14;/h12H,2-11,15H2,1H3;1H. The molecule has 0 spiro atoms. The van der Waals surface area contributed by atoms with E-state index in [1.165, 1.54) is 0 Å². The maximum Gasteiger partial charge on any atom is 0.242 e. The number of carbonyl (C=O) groups is 1. The van der Waals surface area contributed by atoms with Gasteiger partial charge in [0.05, 0.1) is 5.54 Å². The van der Waals surface area contributed by atoms with Gasteiger partial charge in [0.2, 0.25) is 5.91 Å². The predicted molar refractivity (Wildman–Crippen MR) is 78.4 cm³/mol. The number of halogens is 1. The third-order valence-corrected chi connectivity index (χ3v) is 4.48. The first kappa shape index (κ1) is 16.7. The molecule has 5 heteroatoms. The van der Waals surface area contributed by atoms with Crippen molar-refractivity contribution in [3.8, 4) is 0 Å². The van der Waals surface area contributed by atoms with Crippen LogP contribution in [0.15, 0.2) is 0 Å². The topological polar surface area (TPSA) is 55.6 Å². The molecule has 2 N–H and O–H groups in total. The van der Waals surface area contributed by atoms with Gasteiger partial charge in [-0.05, 0) is 38.0 Å². The molecule has 2 fully saturated rings. The first-order valence-corrected chi connectivity index (χ1v) is 7.24. The van der Waals surface area contributed by atoms with E-state index in [1.54, 1.807) is 0 Å². The summed E-state index contributed by atoms with van der Waals surface area (Å²) in [6.07, 6.45) is 7.25. The molecule has 19 heavy (non-hydrogen) atoms. The van der Waals surface area contributed by atoms with E-state index in [1.807, 2.05) is 11.9 Å². The van der Waals surface area contributed by atoms with Gasteiger partial charge in [0, 0.05) is 26.8 Å². The Morgan fingerprint density at radius 2 is 1.89 bits per heavy atom. The fourth-order valence-electron chi connectivity index (χ4n) is 3.11. The normalized spacial score (nSPS) is 22.8. The van der Waals surface area contributed by atoms with Crippen molar-refractivity contribution in [2.75, 3.05) is 26.8 Å². The largest absolute Gasteiger partial charge is 0.381 e. The van der Waals surface area contributed by atoms with Crippen LogP contribution in [0.5, 0.6) is 0 Å². The molecule has 0 radical (unpaired) electrons. The van der Waals surface area contributed by atoms with Gasteiger partial charge in [-0.15, -0.1) is 12.4 Å². The molecule has 0 aromatic carbocycles. The highest BCUT2D eigenvalue weighted by Gasteiger charge is 2.38. The van der Waals surface area contributed by atoms with E-state index < -0.39 is 5.54 Å². The number of nitrogens with two attached hydrogens (primary N) is 1. The molecule has 2 aliphatic rings. The van der Waals surface area contributed by atoms with E-state index in [0.717, 1.165) is 64.7 Å². The lowest BCUT2D eigenvalue weighted by molar-refractivity contribution is -0.135. The average Bonchev–Trinajstić information content (AvgIpc) is 2.84. The van der Waals surface area contributed by atoms with Gasteiger partial charge in [0.25, 0.3) is 0 Å². The molecule has 0 aromatic heterocycles. The third kappa shape index (κ3) is 4.33. The highest BCUT2D eigenvalue weighted by atomic mass is 35.5. The van der Waals surface area contributed by atoms with Crippen LogP contribution in [0.25, 0.3) is 0 Å². The summed E-state index contributed by atoms with van der Waals surface area (Å²) in [7, 11) is 1.90. The molecular formula is C14H27ClN2O2. The molecule has 0 aromatic rings. The zero-order valence-electron chi connectivity index (χ0n) is 11.9. The van der Waals surface area contributed by atoms with Gasteiger partial charge in [-0.2, -0.15) is 0 Å². The lowest BCUT2D eigenvalue weighted by Crippen LogP contribution is -2.52. The minimum atomic E-state index is -0.565. The van der Waals surface area contributed by atoms with Gasteiger partial charge in [-0.1, -0.05) is 12.8 Å². The van der Waals surface area contributed by atoms with Crippen LogP contribution in [-0.2, 0) is 9.53 Å². The van der Waals surface area contributed by atoms with Gasteiger partial charge in [-0.3, -0.25) is 4.79 Å². The van der Waals surface area contributed by atoms with E-state index in [9.17, 15) is 4.79 Å². The summed E-state index contributed by atoms with van der Waals surface area (Å²) in [4.78, 5) is 14.2. The maximum absolute atomic E-state index is 12.3. The van der Waals surface area contributed by atoms with Crippen LogP contribution >= 0.6 is 12.4 Å². The van der Waals surface area contributed by atoms with E-state index in [-0.39, 0.29) is 18.3 Å². The number of hydrogen-bond acceptors (Lipinski definition) is 3. The quantitative estimate of drug-likeness (QED) is 0.861. The van der Waals surface area contributed by atoms with Gasteiger partial charge < -0.3 is 15.4 Å². The van der Waals surface area contributed by atoms with Crippen molar-refractivity contribution in [1.29, 1.82) is 0 Å². The summed E-state index contributed by atoms with van der Waals surface area (Å²) < 4.78 is 5.35. The van der Waals surface area contributed by atoms with Crippen LogP contribution in [0, 0.1) is 5.92 Å². The minimum absolute atomic E-state index is 0. The second kappa shape index (κ2) is 7.46. The molecule has 1 saturated carbocycles. The van der Waals surface area contributed by atoms with Crippen molar-refractivity contribution in [2.24, 2.45) is 11.7 Å². The number of ether oxygens (including phenoxy) is 1. The molecule has 1 aliphatic heterocycles. The molecule has 1 saturated heterocycles. The Kier molecular flexibility index (Phi) is 6.57. The summed E-state index contributed by atoms with van der Waals surface area (Å²) in [5.41, 5.74) is 5.64. The predicted octanol–water partition coefficient (Wildman–Crippen LogP) is 1.95. The second-order valence-corrected chi connectivity index (χ2v) is 5.93. The van der Waals surface area contributed by atoms with Gasteiger partial charge in [0.1, 0.15) is 0 Å². The molecule has 1 aliphatic carbocycles. The third-order valence-electron chi connectivity index (χ3n) is 4.48. The Bertz CT molecular complexity index is 287. The maximum atomic E-state index is 12.3.